The molecule has 0 spiro atoms. The smallest absolute Gasteiger partial charge is 0.309 e. The van der Waals surface area contributed by atoms with Crippen LogP contribution in [0.5, 0.6) is 0 Å². The molecule has 0 heterocycles. The minimum absolute atomic E-state index is 0.0242. The number of allylic oxidation sites excluding steroid dienone is 1. The molecule has 7 heteroatoms. The van der Waals surface area contributed by atoms with Gasteiger partial charge in [-0.25, -0.2) is 0 Å². The number of rotatable bonds is 8. The Morgan fingerprint density at radius 1 is 1.41 bits per heavy atom. The fourth-order valence-electron chi connectivity index (χ4n) is 2.67. The van der Waals surface area contributed by atoms with Crippen molar-refractivity contribution in [1.29, 1.82) is 0 Å². The van der Waals surface area contributed by atoms with Crippen LogP contribution < -0.4 is 0 Å². The van der Waals surface area contributed by atoms with Gasteiger partial charge in [-0.15, -0.1) is 0 Å². The highest BCUT2D eigenvalue weighted by Gasteiger charge is 2.46. The second kappa shape index (κ2) is 7.28. The SMILES string of the molecule is CCCCC(F)(F)C(=O)C=C[C@]1(O)CC[C@H](O)[C@@H]1CC(=O)O. The Hall–Kier alpha value is -1.34. The number of carbonyl (C=O) groups excluding carboxylic acids is 1. The molecule has 1 rings (SSSR count). The van der Waals surface area contributed by atoms with E-state index in [2.05, 4.69) is 0 Å². The molecule has 1 aliphatic rings. The number of carboxylic acid groups (broad SMARTS) is 1. The zero-order valence-corrected chi connectivity index (χ0v) is 12.5. The topological polar surface area (TPSA) is 94.8 Å². The Morgan fingerprint density at radius 2 is 2.05 bits per heavy atom. The summed E-state index contributed by atoms with van der Waals surface area (Å²) < 4.78 is 27.1. The first-order valence-corrected chi connectivity index (χ1v) is 7.36. The van der Waals surface area contributed by atoms with Gasteiger partial charge in [0.05, 0.1) is 18.1 Å². The predicted molar refractivity (Wildman–Crippen MR) is 74.6 cm³/mol. The fourth-order valence-corrected chi connectivity index (χ4v) is 2.67. The van der Waals surface area contributed by atoms with E-state index < -0.39 is 48.1 Å². The number of hydrogen-bond donors (Lipinski definition) is 3. The van der Waals surface area contributed by atoms with E-state index in [-0.39, 0.29) is 19.3 Å². The molecule has 1 fully saturated rings. The van der Waals surface area contributed by atoms with Crippen LogP contribution in [0.3, 0.4) is 0 Å². The van der Waals surface area contributed by atoms with Crippen molar-refractivity contribution in [3.8, 4) is 0 Å². The van der Waals surface area contributed by atoms with Gasteiger partial charge in [0.15, 0.2) is 0 Å². The molecule has 0 amide bonds. The van der Waals surface area contributed by atoms with Crippen molar-refractivity contribution in [3.05, 3.63) is 12.2 Å². The fraction of sp³-hybridized carbons (Fsp3) is 0.733. The molecule has 0 aromatic heterocycles. The number of alkyl halides is 2. The Kier molecular flexibility index (Phi) is 6.19. The standard InChI is InChI=1S/C15H22F2O5/c1-2-3-6-15(16,17)12(19)5-8-14(22)7-4-11(18)10(14)9-13(20)21/h5,8,10-11,18,22H,2-4,6-7,9H2,1H3,(H,20,21)/t10-,11-,14+/m0/s1. The quantitative estimate of drug-likeness (QED) is 0.594. The maximum absolute atomic E-state index is 13.6. The average molecular weight is 320 g/mol. The number of carboxylic acids is 1. The van der Waals surface area contributed by atoms with Crippen LogP contribution in [0, 0.1) is 5.92 Å². The molecule has 0 aromatic rings. The molecule has 0 bridgehead atoms. The predicted octanol–water partition coefficient (Wildman–Crippen LogP) is 1.91. The van der Waals surface area contributed by atoms with Gasteiger partial charge in [-0.2, -0.15) is 8.78 Å². The van der Waals surface area contributed by atoms with E-state index in [4.69, 9.17) is 5.11 Å². The van der Waals surface area contributed by atoms with E-state index in [1.54, 1.807) is 6.92 Å². The summed E-state index contributed by atoms with van der Waals surface area (Å²) >= 11 is 0. The van der Waals surface area contributed by atoms with Gasteiger partial charge in [0.25, 0.3) is 0 Å². The summed E-state index contributed by atoms with van der Waals surface area (Å²) in [5, 5.41) is 28.9. The van der Waals surface area contributed by atoms with Crippen molar-refractivity contribution in [2.45, 2.75) is 63.1 Å². The Bertz CT molecular complexity index is 449. The third-order valence-electron chi connectivity index (χ3n) is 4.07. The van der Waals surface area contributed by atoms with Crippen LogP contribution in [0.2, 0.25) is 0 Å². The van der Waals surface area contributed by atoms with E-state index in [0.29, 0.717) is 12.5 Å². The number of aliphatic carboxylic acids is 1. The molecule has 1 saturated carbocycles. The Labute approximate surface area is 127 Å². The minimum atomic E-state index is -3.50. The van der Waals surface area contributed by atoms with Gasteiger partial charge in [0.2, 0.25) is 5.78 Å². The third kappa shape index (κ3) is 4.58. The maximum Gasteiger partial charge on any atom is 0.309 e. The summed E-state index contributed by atoms with van der Waals surface area (Å²) in [4.78, 5) is 22.3. The highest BCUT2D eigenvalue weighted by molar-refractivity contribution is 5.95. The number of halogens is 2. The molecule has 0 saturated heterocycles. The Morgan fingerprint density at radius 3 is 2.59 bits per heavy atom. The summed E-state index contributed by atoms with van der Waals surface area (Å²) in [5.74, 6) is -7.14. The lowest BCUT2D eigenvalue weighted by Crippen LogP contribution is -2.37. The van der Waals surface area contributed by atoms with Crippen LogP contribution in [0.15, 0.2) is 12.2 Å². The van der Waals surface area contributed by atoms with Crippen molar-refractivity contribution in [2.24, 2.45) is 5.92 Å². The monoisotopic (exact) mass is 320 g/mol. The van der Waals surface area contributed by atoms with Gasteiger partial charge in [0.1, 0.15) is 0 Å². The lowest BCUT2D eigenvalue weighted by Gasteiger charge is -2.27. The molecular weight excluding hydrogens is 298 g/mol. The van der Waals surface area contributed by atoms with Crippen LogP contribution in [0.25, 0.3) is 0 Å². The second-order valence-corrected chi connectivity index (χ2v) is 5.81. The molecule has 3 N–H and O–H groups in total. The van der Waals surface area contributed by atoms with Crippen molar-refractivity contribution in [2.75, 3.05) is 0 Å². The normalized spacial score (nSPS) is 29.1. The molecule has 0 radical (unpaired) electrons. The molecule has 3 atom stereocenters. The third-order valence-corrected chi connectivity index (χ3v) is 4.07. The number of ketones is 1. The van der Waals surface area contributed by atoms with Gasteiger partial charge >= 0.3 is 11.9 Å². The highest BCUT2D eigenvalue weighted by atomic mass is 19.3. The van der Waals surface area contributed by atoms with Crippen LogP contribution in [-0.4, -0.2) is 44.7 Å². The zero-order valence-electron chi connectivity index (χ0n) is 12.5. The van der Waals surface area contributed by atoms with Crippen LogP contribution in [0.1, 0.15) is 45.4 Å². The number of aliphatic hydroxyl groups excluding tert-OH is 1. The Balaban J connectivity index is 2.82. The average Bonchev–Trinajstić information content (AvgIpc) is 2.71. The first-order chi connectivity index (χ1) is 10.1. The molecular formula is C15H22F2O5. The molecule has 0 unspecified atom stereocenters. The van der Waals surface area contributed by atoms with Gasteiger partial charge in [-0.1, -0.05) is 13.3 Å². The van der Waals surface area contributed by atoms with Crippen molar-refractivity contribution < 1.29 is 33.7 Å². The second-order valence-electron chi connectivity index (χ2n) is 5.81. The number of hydrogen-bond acceptors (Lipinski definition) is 4. The first-order valence-electron chi connectivity index (χ1n) is 7.36. The van der Waals surface area contributed by atoms with Gasteiger partial charge in [0, 0.05) is 12.3 Å². The number of unbranched alkanes of at least 4 members (excludes halogenated alkanes) is 1. The lowest BCUT2D eigenvalue weighted by molar-refractivity contribution is -0.141. The maximum atomic E-state index is 13.6. The largest absolute Gasteiger partial charge is 0.481 e. The van der Waals surface area contributed by atoms with Crippen molar-refractivity contribution in [3.63, 3.8) is 0 Å². The molecule has 0 aliphatic heterocycles. The lowest BCUT2D eigenvalue weighted by atomic mass is 9.86. The van der Waals surface area contributed by atoms with E-state index in [9.17, 15) is 28.6 Å². The molecule has 0 aromatic carbocycles. The highest BCUT2D eigenvalue weighted by Crippen LogP contribution is 2.39. The van der Waals surface area contributed by atoms with Crippen molar-refractivity contribution in [1.82, 2.24) is 0 Å². The van der Waals surface area contributed by atoms with Gasteiger partial charge < -0.3 is 15.3 Å². The summed E-state index contributed by atoms with van der Waals surface area (Å²) in [6.45, 7) is 1.73. The first kappa shape index (κ1) is 18.7. The van der Waals surface area contributed by atoms with E-state index in [1.165, 1.54) is 0 Å². The zero-order chi connectivity index (χ0) is 17.0. The molecule has 22 heavy (non-hydrogen) atoms. The summed E-state index contributed by atoms with van der Waals surface area (Å²) in [6.07, 6.45) is 0.341. The van der Waals surface area contributed by atoms with E-state index >= 15 is 0 Å². The number of carbonyl (C=O) groups is 2. The van der Waals surface area contributed by atoms with Gasteiger partial charge in [-0.05, 0) is 31.4 Å². The summed E-state index contributed by atoms with van der Waals surface area (Å²) in [5.41, 5.74) is -1.76. The summed E-state index contributed by atoms with van der Waals surface area (Å²) in [6, 6.07) is 0. The van der Waals surface area contributed by atoms with Crippen molar-refractivity contribution >= 4 is 11.8 Å². The molecule has 126 valence electrons. The van der Waals surface area contributed by atoms with E-state index in [1.807, 2.05) is 0 Å². The minimum Gasteiger partial charge on any atom is -0.481 e. The molecule has 1 aliphatic carbocycles. The van der Waals surface area contributed by atoms with E-state index in [0.717, 1.165) is 6.08 Å². The van der Waals surface area contributed by atoms with Crippen LogP contribution in [-0.2, 0) is 9.59 Å². The van der Waals surface area contributed by atoms with Crippen LogP contribution >= 0.6 is 0 Å². The van der Waals surface area contributed by atoms with Gasteiger partial charge in [-0.3, -0.25) is 9.59 Å². The number of aliphatic hydroxyl groups is 2. The van der Waals surface area contributed by atoms with Crippen LogP contribution in [0.4, 0.5) is 8.78 Å². The summed E-state index contributed by atoms with van der Waals surface area (Å²) in [7, 11) is 0. The molecule has 5 nitrogen and oxygen atoms in total.